The third-order valence-corrected chi connectivity index (χ3v) is 9.17. The van der Waals surface area contributed by atoms with E-state index in [4.69, 9.17) is 0 Å². The molecule has 33 heavy (non-hydrogen) atoms. The van der Waals surface area contributed by atoms with Crippen molar-refractivity contribution in [3.8, 4) is 0 Å². The largest absolute Gasteiger partial charge is 0.340 e. The van der Waals surface area contributed by atoms with Gasteiger partial charge in [0.25, 0.3) is 5.91 Å². The Labute approximate surface area is 195 Å². The van der Waals surface area contributed by atoms with E-state index in [2.05, 4.69) is 5.32 Å². The molecule has 2 atom stereocenters. The predicted molar refractivity (Wildman–Crippen MR) is 122 cm³/mol. The monoisotopic (exact) mass is 476 g/mol. The second-order valence-electron chi connectivity index (χ2n) is 9.39. The summed E-state index contributed by atoms with van der Waals surface area (Å²) in [5.74, 6) is -0.624. The molecular weight excluding hydrogens is 444 g/mol. The van der Waals surface area contributed by atoms with Crippen LogP contribution < -0.4 is 5.32 Å². The summed E-state index contributed by atoms with van der Waals surface area (Å²) in [6.45, 7) is 4.63. The first-order valence-corrected chi connectivity index (χ1v) is 13.1. The fraction of sp³-hybridized carbons (Fsp3) is 0.609. The molecule has 4 rings (SSSR count). The number of imide groups is 1. The Balaban J connectivity index is 1.40. The van der Waals surface area contributed by atoms with E-state index in [1.165, 1.54) is 4.31 Å². The molecule has 1 aliphatic carbocycles. The third kappa shape index (κ3) is 4.38. The SMILES string of the molecule is Cc1ccc(S(=O)(=O)N2CCCN(C(=O)CN3C(=O)NC4(CCCCC4C)C3=O)CC2)cc1. The Morgan fingerprint density at radius 2 is 1.79 bits per heavy atom. The standard InChI is InChI=1S/C23H32N4O5S/c1-17-7-9-19(10-8-17)33(31,32)26-13-5-12-25(14-15-26)20(28)16-27-21(29)23(24-22(27)30)11-4-3-6-18(23)2/h7-10,18H,3-6,11-16H2,1-2H3,(H,24,30). The number of nitrogens with one attached hydrogen (secondary N) is 1. The molecule has 0 bridgehead atoms. The minimum Gasteiger partial charge on any atom is -0.340 e. The van der Waals surface area contributed by atoms with Crippen molar-refractivity contribution in [1.29, 1.82) is 0 Å². The average molecular weight is 477 g/mol. The highest BCUT2D eigenvalue weighted by Crippen LogP contribution is 2.38. The first kappa shape index (κ1) is 23.7. The lowest BCUT2D eigenvalue weighted by Crippen LogP contribution is -2.54. The van der Waals surface area contributed by atoms with Gasteiger partial charge in [0.05, 0.1) is 4.90 Å². The number of hydrogen-bond acceptors (Lipinski definition) is 5. The van der Waals surface area contributed by atoms with Crippen LogP contribution in [0.1, 0.15) is 44.6 Å². The molecule has 2 unspecified atom stereocenters. The summed E-state index contributed by atoms with van der Waals surface area (Å²) in [4.78, 5) is 41.6. The quantitative estimate of drug-likeness (QED) is 0.666. The van der Waals surface area contributed by atoms with Crippen molar-refractivity contribution in [3.05, 3.63) is 29.8 Å². The van der Waals surface area contributed by atoms with E-state index in [1.54, 1.807) is 29.2 Å². The van der Waals surface area contributed by atoms with E-state index in [0.29, 0.717) is 25.9 Å². The van der Waals surface area contributed by atoms with E-state index in [0.717, 1.165) is 29.7 Å². The van der Waals surface area contributed by atoms with Gasteiger partial charge in [-0.15, -0.1) is 0 Å². The molecule has 4 amide bonds. The summed E-state index contributed by atoms with van der Waals surface area (Å²) in [5, 5.41) is 2.87. The molecule has 1 aromatic rings. The van der Waals surface area contributed by atoms with Crippen LogP contribution in [0.4, 0.5) is 4.79 Å². The highest BCUT2D eigenvalue weighted by molar-refractivity contribution is 7.89. The maximum Gasteiger partial charge on any atom is 0.325 e. The van der Waals surface area contributed by atoms with Crippen LogP contribution in [0.2, 0.25) is 0 Å². The Morgan fingerprint density at radius 1 is 1.06 bits per heavy atom. The normalized spacial score (nSPS) is 27.0. The molecule has 2 saturated heterocycles. The number of nitrogens with zero attached hydrogens (tertiary/aromatic N) is 3. The first-order valence-electron chi connectivity index (χ1n) is 11.6. The molecule has 3 fully saturated rings. The van der Waals surface area contributed by atoms with Crippen LogP contribution in [0.15, 0.2) is 29.2 Å². The topological polar surface area (TPSA) is 107 Å². The van der Waals surface area contributed by atoms with E-state index in [-0.39, 0.29) is 42.3 Å². The van der Waals surface area contributed by atoms with Crippen LogP contribution in [0.3, 0.4) is 0 Å². The lowest BCUT2D eigenvalue weighted by molar-refractivity contribution is -0.140. The van der Waals surface area contributed by atoms with E-state index in [9.17, 15) is 22.8 Å². The van der Waals surface area contributed by atoms with Crippen molar-refractivity contribution < 1.29 is 22.8 Å². The van der Waals surface area contributed by atoms with E-state index < -0.39 is 21.6 Å². The van der Waals surface area contributed by atoms with Gasteiger partial charge < -0.3 is 10.2 Å². The van der Waals surface area contributed by atoms with Gasteiger partial charge in [0.15, 0.2) is 0 Å². The fourth-order valence-corrected chi connectivity index (χ4v) is 6.59. The van der Waals surface area contributed by atoms with Crippen molar-refractivity contribution in [2.45, 2.75) is 56.4 Å². The zero-order chi connectivity index (χ0) is 23.8. The summed E-state index contributed by atoms with van der Waals surface area (Å²) in [7, 11) is -3.65. The van der Waals surface area contributed by atoms with Gasteiger partial charge in [-0.3, -0.25) is 14.5 Å². The summed E-state index contributed by atoms with van der Waals surface area (Å²) in [6.07, 6.45) is 3.85. The molecule has 0 radical (unpaired) electrons. The van der Waals surface area contributed by atoms with Gasteiger partial charge in [0, 0.05) is 26.2 Å². The second kappa shape index (κ2) is 9.06. The molecule has 3 aliphatic rings. The molecule has 0 aromatic heterocycles. The zero-order valence-corrected chi connectivity index (χ0v) is 20.1. The molecule has 9 nitrogen and oxygen atoms in total. The molecule has 2 aliphatic heterocycles. The fourth-order valence-electron chi connectivity index (χ4n) is 5.12. The number of rotatable bonds is 4. The number of amides is 4. The van der Waals surface area contributed by atoms with E-state index in [1.807, 2.05) is 13.8 Å². The number of urea groups is 1. The van der Waals surface area contributed by atoms with Crippen molar-refractivity contribution in [2.75, 3.05) is 32.7 Å². The van der Waals surface area contributed by atoms with Crippen molar-refractivity contribution >= 4 is 27.9 Å². The highest BCUT2D eigenvalue weighted by Gasteiger charge is 2.55. The summed E-state index contributed by atoms with van der Waals surface area (Å²) in [6, 6.07) is 6.20. The van der Waals surface area contributed by atoms with Crippen LogP contribution in [-0.4, -0.2) is 78.6 Å². The van der Waals surface area contributed by atoms with Gasteiger partial charge in [-0.1, -0.05) is 37.5 Å². The molecule has 1 aromatic carbocycles. The molecule has 10 heteroatoms. The van der Waals surface area contributed by atoms with Crippen molar-refractivity contribution in [3.63, 3.8) is 0 Å². The van der Waals surface area contributed by atoms with Gasteiger partial charge in [-0.2, -0.15) is 4.31 Å². The molecule has 180 valence electrons. The second-order valence-corrected chi connectivity index (χ2v) is 11.3. The lowest BCUT2D eigenvalue weighted by atomic mass is 9.73. The minimum absolute atomic E-state index is 0.0292. The van der Waals surface area contributed by atoms with Crippen LogP contribution in [0, 0.1) is 12.8 Å². The van der Waals surface area contributed by atoms with Crippen molar-refractivity contribution in [1.82, 2.24) is 19.4 Å². The predicted octanol–water partition coefficient (Wildman–Crippen LogP) is 1.72. The lowest BCUT2D eigenvalue weighted by Gasteiger charge is -2.36. The minimum atomic E-state index is -3.65. The molecule has 1 saturated carbocycles. The number of benzene rings is 1. The Hall–Kier alpha value is -2.46. The smallest absolute Gasteiger partial charge is 0.325 e. The summed E-state index contributed by atoms with van der Waals surface area (Å²) in [5.41, 5.74) is 0.0827. The van der Waals surface area contributed by atoms with Gasteiger partial charge in [0.1, 0.15) is 12.1 Å². The van der Waals surface area contributed by atoms with Gasteiger partial charge in [-0.05, 0) is 44.2 Å². The summed E-state index contributed by atoms with van der Waals surface area (Å²) >= 11 is 0. The average Bonchev–Trinajstić information content (AvgIpc) is 2.96. The Bertz CT molecular complexity index is 1040. The highest BCUT2D eigenvalue weighted by atomic mass is 32.2. The number of hydrogen-bond donors (Lipinski definition) is 1. The van der Waals surface area contributed by atoms with Gasteiger partial charge in [0.2, 0.25) is 15.9 Å². The third-order valence-electron chi connectivity index (χ3n) is 7.26. The maximum absolute atomic E-state index is 13.1. The van der Waals surface area contributed by atoms with Crippen LogP contribution >= 0.6 is 0 Å². The Morgan fingerprint density at radius 3 is 2.48 bits per heavy atom. The van der Waals surface area contributed by atoms with Gasteiger partial charge >= 0.3 is 6.03 Å². The van der Waals surface area contributed by atoms with Crippen LogP contribution in [-0.2, 0) is 19.6 Å². The van der Waals surface area contributed by atoms with Crippen molar-refractivity contribution in [2.24, 2.45) is 5.92 Å². The zero-order valence-electron chi connectivity index (χ0n) is 19.2. The number of carbonyl (C=O) groups is 3. The molecule has 2 heterocycles. The number of sulfonamides is 1. The number of carbonyl (C=O) groups excluding carboxylic acids is 3. The maximum atomic E-state index is 13.1. The van der Waals surface area contributed by atoms with Gasteiger partial charge in [-0.25, -0.2) is 13.2 Å². The van der Waals surface area contributed by atoms with E-state index >= 15 is 0 Å². The summed E-state index contributed by atoms with van der Waals surface area (Å²) < 4.78 is 27.4. The Kier molecular flexibility index (Phi) is 6.50. The molecular formula is C23H32N4O5S. The molecule has 1 N–H and O–H groups in total. The number of aryl methyl sites for hydroxylation is 1. The van der Waals surface area contributed by atoms with Crippen LogP contribution in [0.25, 0.3) is 0 Å². The molecule has 1 spiro atoms. The van der Waals surface area contributed by atoms with Crippen LogP contribution in [0.5, 0.6) is 0 Å². The first-order chi connectivity index (χ1) is 15.6.